The second kappa shape index (κ2) is 6.95. The van der Waals surface area contributed by atoms with Gasteiger partial charge in [0.25, 0.3) is 0 Å². The smallest absolute Gasteiger partial charge is 0.317 e. The lowest BCUT2D eigenvalue weighted by molar-refractivity contribution is 0.152. The molecule has 7 heteroatoms. The molecule has 0 radical (unpaired) electrons. The standard InChI is InChI=1S/C16H23N5O2/c1-12(11-23-2)17-16(22)20-9-6-13(7-10-20)15-19-18-14-5-3-4-8-21(14)15/h3-5,8,12-13H,6-7,9-11H2,1-2H3,(H,17,22). The largest absolute Gasteiger partial charge is 0.383 e. The number of hydrogen-bond donors (Lipinski definition) is 1. The summed E-state index contributed by atoms with van der Waals surface area (Å²) >= 11 is 0. The summed E-state index contributed by atoms with van der Waals surface area (Å²) in [6.45, 7) is 3.93. The summed E-state index contributed by atoms with van der Waals surface area (Å²) in [5.74, 6) is 1.33. The van der Waals surface area contributed by atoms with Crippen LogP contribution in [-0.2, 0) is 4.74 Å². The van der Waals surface area contributed by atoms with Gasteiger partial charge in [-0.15, -0.1) is 10.2 Å². The normalized spacial score (nSPS) is 17.4. The number of methoxy groups -OCH3 is 1. The Morgan fingerprint density at radius 1 is 1.39 bits per heavy atom. The van der Waals surface area contributed by atoms with Crippen molar-refractivity contribution >= 4 is 11.7 Å². The number of pyridine rings is 1. The van der Waals surface area contributed by atoms with E-state index in [1.807, 2.05) is 40.6 Å². The number of carbonyl (C=O) groups is 1. The number of likely N-dealkylation sites (tertiary alicyclic amines) is 1. The van der Waals surface area contributed by atoms with Crippen molar-refractivity contribution < 1.29 is 9.53 Å². The predicted molar refractivity (Wildman–Crippen MR) is 86.4 cm³/mol. The summed E-state index contributed by atoms with van der Waals surface area (Å²) in [7, 11) is 1.64. The van der Waals surface area contributed by atoms with Gasteiger partial charge in [-0.3, -0.25) is 4.40 Å². The SMILES string of the molecule is COCC(C)NC(=O)N1CCC(c2nnc3ccccn23)CC1. The van der Waals surface area contributed by atoms with E-state index in [0.29, 0.717) is 12.5 Å². The lowest BCUT2D eigenvalue weighted by atomic mass is 9.96. The second-order valence-corrected chi connectivity index (χ2v) is 6.05. The predicted octanol–water partition coefficient (Wildman–Crippen LogP) is 1.65. The van der Waals surface area contributed by atoms with E-state index in [1.165, 1.54) is 0 Å². The zero-order valence-corrected chi connectivity index (χ0v) is 13.6. The van der Waals surface area contributed by atoms with Gasteiger partial charge in [0, 0.05) is 32.3 Å². The number of urea groups is 1. The van der Waals surface area contributed by atoms with E-state index < -0.39 is 0 Å². The van der Waals surface area contributed by atoms with Gasteiger partial charge in [-0.05, 0) is 31.9 Å². The number of nitrogens with one attached hydrogen (secondary N) is 1. The second-order valence-electron chi connectivity index (χ2n) is 6.05. The highest BCUT2D eigenvalue weighted by molar-refractivity contribution is 5.74. The van der Waals surface area contributed by atoms with Crippen LogP contribution in [0, 0.1) is 0 Å². The van der Waals surface area contributed by atoms with Gasteiger partial charge < -0.3 is 15.0 Å². The maximum absolute atomic E-state index is 12.2. The molecule has 1 unspecified atom stereocenters. The van der Waals surface area contributed by atoms with Crippen LogP contribution in [0.3, 0.4) is 0 Å². The third-order valence-electron chi connectivity index (χ3n) is 4.27. The van der Waals surface area contributed by atoms with E-state index in [2.05, 4.69) is 15.5 Å². The molecule has 0 aliphatic carbocycles. The molecule has 0 bridgehead atoms. The molecule has 1 aliphatic heterocycles. The Labute approximate surface area is 135 Å². The van der Waals surface area contributed by atoms with E-state index in [-0.39, 0.29) is 12.1 Å². The Morgan fingerprint density at radius 2 is 2.17 bits per heavy atom. The van der Waals surface area contributed by atoms with Gasteiger partial charge in [0.05, 0.1) is 12.6 Å². The first-order valence-corrected chi connectivity index (χ1v) is 8.03. The number of fused-ring (bicyclic) bond motifs is 1. The first-order valence-electron chi connectivity index (χ1n) is 8.03. The minimum atomic E-state index is -0.0147. The molecular weight excluding hydrogens is 294 g/mol. The number of rotatable bonds is 4. The van der Waals surface area contributed by atoms with Crippen LogP contribution in [0.1, 0.15) is 31.5 Å². The number of amides is 2. The van der Waals surface area contributed by atoms with E-state index in [4.69, 9.17) is 4.74 Å². The maximum atomic E-state index is 12.2. The quantitative estimate of drug-likeness (QED) is 0.931. The summed E-state index contributed by atoms with van der Waals surface area (Å²) in [4.78, 5) is 14.1. The molecule has 1 aliphatic rings. The lowest BCUT2D eigenvalue weighted by Crippen LogP contribution is -2.48. The molecule has 2 aromatic rings. The molecule has 3 rings (SSSR count). The minimum absolute atomic E-state index is 0.0147. The zero-order chi connectivity index (χ0) is 16.2. The maximum Gasteiger partial charge on any atom is 0.317 e. The molecule has 1 fully saturated rings. The monoisotopic (exact) mass is 317 g/mol. The van der Waals surface area contributed by atoms with E-state index in [1.54, 1.807) is 7.11 Å². The molecular formula is C16H23N5O2. The van der Waals surface area contributed by atoms with Gasteiger partial charge in [-0.25, -0.2) is 4.79 Å². The molecule has 1 atom stereocenters. The van der Waals surface area contributed by atoms with Crippen molar-refractivity contribution in [2.45, 2.75) is 31.7 Å². The van der Waals surface area contributed by atoms with Crippen LogP contribution in [0.25, 0.3) is 5.65 Å². The summed E-state index contributed by atoms with van der Waals surface area (Å²) < 4.78 is 7.09. The number of piperidine rings is 1. The Balaban J connectivity index is 1.59. The Kier molecular flexibility index (Phi) is 4.76. The number of ether oxygens (including phenoxy) is 1. The van der Waals surface area contributed by atoms with Crippen LogP contribution in [-0.4, -0.2) is 58.4 Å². The van der Waals surface area contributed by atoms with Gasteiger partial charge in [0.2, 0.25) is 0 Å². The highest BCUT2D eigenvalue weighted by atomic mass is 16.5. The Hall–Kier alpha value is -2.15. The van der Waals surface area contributed by atoms with Crippen LogP contribution < -0.4 is 5.32 Å². The number of aromatic nitrogens is 3. The van der Waals surface area contributed by atoms with Crippen molar-refractivity contribution in [3.63, 3.8) is 0 Å². The van der Waals surface area contributed by atoms with Crippen molar-refractivity contribution in [2.24, 2.45) is 0 Å². The van der Waals surface area contributed by atoms with Crippen LogP contribution in [0.2, 0.25) is 0 Å². The summed E-state index contributed by atoms with van der Waals surface area (Å²) in [6, 6.07) is 5.91. The minimum Gasteiger partial charge on any atom is -0.383 e. The lowest BCUT2D eigenvalue weighted by Gasteiger charge is -2.32. The zero-order valence-electron chi connectivity index (χ0n) is 13.6. The van der Waals surface area contributed by atoms with E-state index >= 15 is 0 Å². The topological polar surface area (TPSA) is 71.8 Å². The number of carbonyl (C=O) groups excluding carboxylic acids is 1. The number of nitrogens with zero attached hydrogens (tertiary/aromatic N) is 4. The fourth-order valence-electron chi connectivity index (χ4n) is 3.07. The molecule has 7 nitrogen and oxygen atoms in total. The van der Waals surface area contributed by atoms with Crippen molar-refractivity contribution in [1.29, 1.82) is 0 Å². The van der Waals surface area contributed by atoms with Gasteiger partial charge in [0.1, 0.15) is 5.82 Å². The molecule has 1 saturated heterocycles. The summed E-state index contributed by atoms with van der Waals surface area (Å²) in [5, 5.41) is 11.5. The summed E-state index contributed by atoms with van der Waals surface area (Å²) in [6.07, 6.45) is 3.81. The molecule has 0 aromatic carbocycles. The molecule has 1 N–H and O–H groups in total. The Bertz CT molecular complexity index is 663. The van der Waals surface area contributed by atoms with Crippen LogP contribution >= 0.6 is 0 Å². The van der Waals surface area contributed by atoms with Gasteiger partial charge >= 0.3 is 6.03 Å². The molecule has 0 spiro atoms. The highest BCUT2D eigenvalue weighted by Gasteiger charge is 2.27. The third-order valence-corrected chi connectivity index (χ3v) is 4.27. The van der Waals surface area contributed by atoms with Crippen molar-refractivity contribution in [1.82, 2.24) is 24.8 Å². The molecule has 2 aromatic heterocycles. The average Bonchev–Trinajstić information content (AvgIpc) is 2.99. The van der Waals surface area contributed by atoms with Gasteiger partial charge in [-0.1, -0.05) is 6.07 Å². The first kappa shape index (κ1) is 15.7. The first-order chi connectivity index (χ1) is 11.2. The van der Waals surface area contributed by atoms with Crippen LogP contribution in [0.4, 0.5) is 4.79 Å². The van der Waals surface area contributed by atoms with Gasteiger partial charge in [-0.2, -0.15) is 0 Å². The van der Waals surface area contributed by atoms with Crippen molar-refractivity contribution in [3.8, 4) is 0 Å². The fraction of sp³-hybridized carbons (Fsp3) is 0.562. The average molecular weight is 317 g/mol. The van der Waals surface area contributed by atoms with Crippen molar-refractivity contribution in [3.05, 3.63) is 30.2 Å². The fourth-order valence-corrected chi connectivity index (χ4v) is 3.07. The van der Waals surface area contributed by atoms with Crippen LogP contribution in [0.15, 0.2) is 24.4 Å². The molecule has 23 heavy (non-hydrogen) atoms. The molecule has 2 amide bonds. The molecule has 3 heterocycles. The highest BCUT2D eigenvalue weighted by Crippen LogP contribution is 2.27. The van der Waals surface area contributed by atoms with E-state index in [0.717, 1.165) is 37.4 Å². The van der Waals surface area contributed by atoms with Crippen LogP contribution in [0.5, 0.6) is 0 Å². The molecule has 0 saturated carbocycles. The number of hydrogen-bond acceptors (Lipinski definition) is 4. The Morgan fingerprint density at radius 3 is 2.91 bits per heavy atom. The summed E-state index contributed by atoms with van der Waals surface area (Å²) in [5.41, 5.74) is 0.871. The van der Waals surface area contributed by atoms with E-state index in [9.17, 15) is 4.79 Å². The molecule has 124 valence electrons. The third kappa shape index (κ3) is 3.44. The van der Waals surface area contributed by atoms with Crippen molar-refractivity contribution in [2.75, 3.05) is 26.8 Å². The van der Waals surface area contributed by atoms with Gasteiger partial charge in [0.15, 0.2) is 5.65 Å².